The molecular formula is C14H8BrCl2F3. The molecule has 0 aromatic heterocycles. The summed E-state index contributed by atoms with van der Waals surface area (Å²) in [5.74, 6) is 0. The molecule has 6 heteroatoms. The predicted octanol–water partition coefficient (Wildman–Crippen LogP) is 6.57. The molecule has 0 saturated heterocycles. The van der Waals surface area contributed by atoms with Crippen molar-refractivity contribution in [3.05, 3.63) is 57.6 Å². The van der Waals surface area contributed by atoms with Crippen LogP contribution < -0.4 is 0 Å². The summed E-state index contributed by atoms with van der Waals surface area (Å²) in [6.07, 6.45) is -4.39. The Labute approximate surface area is 132 Å². The van der Waals surface area contributed by atoms with Gasteiger partial charge in [0.15, 0.2) is 0 Å². The molecule has 0 aliphatic carbocycles. The Morgan fingerprint density at radius 3 is 2.05 bits per heavy atom. The van der Waals surface area contributed by atoms with E-state index in [1.807, 2.05) is 0 Å². The van der Waals surface area contributed by atoms with Gasteiger partial charge < -0.3 is 0 Å². The van der Waals surface area contributed by atoms with Gasteiger partial charge in [-0.15, -0.1) is 0 Å². The molecule has 2 rings (SSSR count). The standard InChI is InChI=1S/C14H8BrCl2F3/c15-7-8-1-2-10(14(18,19)20)5-13(8)9-3-11(16)6-12(17)4-9/h1-6H,7H2. The van der Waals surface area contributed by atoms with E-state index in [0.717, 1.165) is 17.7 Å². The summed E-state index contributed by atoms with van der Waals surface area (Å²) < 4.78 is 38.4. The molecule has 0 heterocycles. The van der Waals surface area contributed by atoms with Gasteiger partial charge in [0.25, 0.3) is 0 Å². The quantitative estimate of drug-likeness (QED) is 0.514. The molecule has 0 nitrogen and oxygen atoms in total. The van der Waals surface area contributed by atoms with Crippen LogP contribution in [0.15, 0.2) is 36.4 Å². The van der Waals surface area contributed by atoms with Crippen molar-refractivity contribution in [3.63, 3.8) is 0 Å². The number of hydrogen-bond donors (Lipinski definition) is 0. The van der Waals surface area contributed by atoms with Crippen LogP contribution in [0.2, 0.25) is 10.0 Å². The number of hydrogen-bond acceptors (Lipinski definition) is 0. The Kier molecular flexibility index (Phi) is 4.67. The molecule has 0 radical (unpaired) electrons. The molecule has 0 amide bonds. The molecule has 0 aliphatic rings. The average Bonchev–Trinajstić information content (AvgIpc) is 2.35. The van der Waals surface area contributed by atoms with Crippen molar-refractivity contribution < 1.29 is 13.2 Å². The summed E-state index contributed by atoms with van der Waals surface area (Å²) in [5, 5.41) is 1.20. The lowest BCUT2D eigenvalue weighted by Crippen LogP contribution is -2.05. The lowest BCUT2D eigenvalue weighted by molar-refractivity contribution is -0.137. The van der Waals surface area contributed by atoms with Gasteiger partial charge in [-0.2, -0.15) is 13.2 Å². The van der Waals surface area contributed by atoms with Crippen LogP contribution in [0.5, 0.6) is 0 Å². The van der Waals surface area contributed by atoms with E-state index in [4.69, 9.17) is 23.2 Å². The molecule has 2 aromatic carbocycles. The molecule has 20 heavy (non-hydrogen) atoms. The van der Waals surface area contributed by atoms with Gasteiger partial charge >= 0.3 is 6.18 Å². The molecule has 106 valence electrons. The van der Waals surface area contributed by atoms with Crippen molar-refractivity contribution in [3.8, 4) is 11.1 Å². The fraction of sp³-hybridized carbons (Fsp3) is 0.143. The van der Waals surface area contributed by atoms with E-state index >= 15 is 0 Å². The van der Waals surface area contributed by atoms with Gasteiger partial charge in [0, 0.05) is 15.4 Å². The molecule has 0 fully saturated rings. The summed E-state index contributed by atoms with van der Waals surface area (Å²) in [6, 6.07) is 8.34. The van der Waals surface area contributed by atoms with Gasteiger partial charge in [0.2, 0.25) is 0 Å². The monoisotopic (exact) mass is 382 g/mol. The van der Waals surface area contributed by atoms with Crippen LogP contribution in [0.25, 0.3) is 11.1 Å². The van der Waals surface area contributed by atoms with Crippen LogP contribution in [-0.4, -0.2) is 0 Å². The van der Waals surface area contributed by atoms with Crippen LogP contribution in [-0.2, 0) is 11.5 Å². The first kappa shape index (κ1) is 15.7. The molecule has 0 saturated carbocycles. The summed E-state index contributed by atoms with van der Waals surface area (Å²) in [5.41, 5.74) is 1.05. The van der Waals surface area contributed by atoms with Crippen molar-refractivity contribution >= 4 is 39.1 Å². The first-order chi connectivity index (χ1) is 9.31. The van der Waals surface area contributed by atoms with E-state index in [-0.39, 0.29) is 0 Å². The van der Waals surface area contributed by atoms with Gasteiger partial charge in [0.1, 0.15) is 0 Å². The smallest absolute Gasteiger partial charge is 0.166 e. The van der Waals surface area contributed by atoms with Crippen molar-refractivity contribution in [1.29, 1.82) is 0 Å². The maximum absolute atomic E-state index is 12.8. The fourth-order valence-electron chi connectivity index (χ4n) is 1.85. The summed E-state index contributed by atoms with van der Waals surface area (Å²) >= 11 is 15.1. The number of halogens is 6. The van der Waals surface area contributed by atoms with Crippen molar-refractivity contribution in [1.82, 2.24) is 0 Å². The zero-order chi connectivity index (χ0) is 14.9. The molecule has 0 unspecified atom stereocenters. The van der Waals surface area contributed by atoms with E-state index in [2.05, 4.69) is 15.9 Å². The molecule has 0 aliphatic heterocycles. The van der Waals surface area contributed by atoms with E-state index < -0.39 is 11.7 Å². The van der Waals surface area contributed by atoms with E-state index in [0.29, 0.717) is 26.5 Å². The minimum absolute atomic E-state index is 0.380. The van der Waals surface area contributed by atoms with E-state index in [9.17, 15) is 13.2 Å². The Balaban J connectivity index is 2.64. The Hall–Kier alpha value is -0.710. The van der Waals surface area contributed by atoms with Gasteiger partial charge in [-0.3, -0.25) is 0 Å². The van der Waals surface area contributed by atoms with Crippen LogP contribution in [0.1, 0.15) is 11.1 Å². The second-order valence-corrected chi connectivity index (χ2v) is 5.60. The first-order valence-corrected chi connectivity index (χ1v) is 7.41. The summed E-state index contributed by atoms with van der Waals surface area (Å²) in [4.78, 5) is 0. The van der Waals surface area contributed by atoms with Gasteiger partial charge in [0.05, 0.1) is 5.56 Å². The Bertz CT molecular complexity index is 619. The molecule has 0 spiro atoms. The third kappa shape index (κ3) is 3.48. The summed E-state index contributed by atoms with van der Waals surface area (Å²) in [6.45, 7) is 0. The molecule has 0 bridgehead atoms. The highest BCUT2D eigenvalue weighted by Crippen LogP contribution is 2.36. The highest BCUT2D eigenvalue weighted by Gasteiger charge is 2.31. The van der Waals surface area contributed by atoms with Crippen molar-refractivity contribution in [2.75, 3.05) is 0 Å². The first-order valence-electron chi connectivity index (χ1n) is 5.54. The van der Waals surface area contributed by atoms with Gasteiger partial charge in [-0.05, 0) is 47.0 Å². The molecule has 0 N–H and O–H groups in total. The average molecular weight is 384 g/mol. The Morgan fingerprint density at radius 2 is 1.55 bits per heavy atom. The fourth-order valence-corrected chi connectivity index (χ4v) is 2.86. The van der Waals surface area contributed by atoms with Crippen LogP contribution >= 0.6 is 39.1 Å². The minimum atomic E-state index is -4.39. The zero-order valence-corrected chi connectivity index (χ0v) is 13.0. The maximum Gasteiger partial charge on any atom is 0.416 e. The Morgan fingerprint density at radius 1 is 0.950 bits per heavy atom. The topological polar surface area (TPSA) is 0 Å². The van der Waals surface area contributed by atoms with E-state index in [1.165, 1.54) is 12.1 Å². The van der Waals surface area contributed by atoms with Gasteiger partial charge in [-0.1, -0.05) is 45.2 Å². The second kappa shape index (κ2) is 5.96. The van der Waals surface area contributed by atoms with Crippen molar-refractivity contribution in [2.45, 2.75) is 11.5 Å². The lowest BCUT2D eigenvalue weighted by atomic mass is 9.98. The number of alkyl halides is 4. The summed E-state index contributed by atoms with van der Waals surface area (Å²) in [7, 11) is 0. The minimum Gasteiger partial charge on any atom is -0.166 e. The van der Waals surface area contributed by atoms with Crippen molar-refractivity contribution in [2.24, 2.45) is 0 Å². The van der Waals surface area contributed by atoms with Crippen LogP contribution in [0.4, 0.5) is 13.2 Å². The predicted molar refractivity (Wildman–Crippen MR) is 79.5 cm³/mol. The highest BCUT2D eigenvalue weighted by molar-refractivity contribution is 9.08. The van der Waals surface area contributed by atoms with Crippen LogP contribution in [0, 0.1) is 0 Å². The van der Waals surface area contributed by atoms with Crippen LogP contribution in [0.3, 0.4) is 0 Å². The van der Waals surface area contributed by atoms with E-state index in [1.54, 1.807) is 12.1 Å². The second-order valence-electron chi connectivity index (χ2n) is 4.16. The largest absolute Gasteiger partial charge is 0.416 e. The molecule has 2 aromatic rings. The zero-order valence-electron chi connectivity index (χ0n) is 9.94. The number of rotatable bonds is 2. The normalized spacial score (nSPS) is 11.7. The maximum atomic E-state index is 12.8. The highest BCUT2D eigenvalue weighted by atomic mass is 79.9. The number of benzene rings is 2. The molecule has 0 atom stereocenters. The SMILES string of the molecule is FC(F)(F)c1ccc(CBr)c(-c2cc(Cl)cc(Cl)c2)c1. The molecular weight excluding hydrogens is 376 g/mol. The third-order valence-electron chi connectivity index (χ3n) is 2.75. The third-order valence-corrected chi connectivity index (χ3v) is 3.80. The lowest BCUT2D eigenvalue weighted by Gasteiger charge is -2.13. The van der Waals surface area contributed by atoms with Gasteiger partial charge in [-0.25, -0.2) is 0 Å².